The molecule has 1 aliphatic rings. The van der Waals surface area contributed by atoms with Crippen molar-refractivity contribution in [1.82, 2.24) is 10.2 Å². The van der Waals surface area contributed by atoms with Crippen LogP contribution < -0.4 is 5.32 Å². The monoisotopic (exact) mass is 288 g/mol. The third-order valence-corrected chi connectivity index (χ3v) is 3.26. The molecule has 4 nitrogen and oxygen atoms in total. The smallest absolute Gasteiger partial charge is 0.395 e. The van der Waals surface area contributed by atoms with Gasteiger partial charge in [-0.1, -0.05) is 18.2 Å². The van der Waals surface area contributed by atoms with Gasteiger partial charge in [-0.3, -0.25) is 9.69 Å². The number of nitrogens with zero attached hydrogens (tertiary/aromatic N) is 1. The van der Waals surface area contributed by atoms with E-state index in [-0.39, 0.29) is 18.7 Å². The molecule has 2 N–H and O–H groups in total. The van der Waals surface area contributed by atoms with Gasteiger partial charge in [-0.2, -0.15) is 13.2 Å². The quantitative estimate of drug-likeness (QED) is 0.878. The maximum Gasteiger partial charge on any atom is 0.416 e. The molecule has 110 valence electrons. The van der Waals surface area contributed by atoms with E-state index in [0.29, 0.717) is 13.1 Å². The summed E-state index contributed by atoms with van der Waals surface area (Å²) < 4.78 is 39.1. The van der Waals surface area contributed by atoms with Crippen LogP contribution in [0, 0.1) is 0 Å². The van der Waals surface area contributed by atoms with E-state index in [4.69, 9.17) is 5.11 Å². The summed E-state index contributed by atoms with van der Waals surface area (Å²) in [4.78, 5) is 13.5. The Bertz CT molecular complexity index is 489. The number of carbonyl (C=O) groups is 1. The third kappa shape index (κ3) is 2.94. The van der Waals surface area contributed by atoms with Crippen molar-refractivity contribution < 1.29 is 23.1 Å². The fraction of sp³-hybridized carbons (Fsp3) is 0.462. The van der Waals surface area contributed by atoms with Gasteiger partial charge in [0.25, 0.3) is 0 Å². The SMILES string of the molecule is O=C1NCCN(CCO)[C@@H]1c1ccccc1C(F)(F)F. The molecule has 0 bridgehead atoms. The fourth-order valence-electron chi connectivity index (χ4n) is 2.42. The minimum atomic E-state index is -4.51. The number of rotatable bonds is 3. The number of halogens is 3. The van der Waals surface area contributed by atoms with Crippen molar-refractivity contribution in [3.8, 4) is 0 Å². The Morgan fingerprint density at radius 2 is 2.05 bits per heavy atom. The Morgan fingerprint density at radius 3 is 2.70 bits per heavy atom. The van der Waals surface area contributed by atoms with Crippen molar-refractivity contribution in [2.75, 3.05) is 26.2 Å². The number of alkyl halides is 3. The zero-order valence-electron chi connectivity index (χ0n) is 10.7. The molecule has 7 heteroatoms. The van der Waals surface area contributed by atoms with Crippen LogP contribution in [-0.4, -0.2) is 42.2 Å². The van der Waals surface area contributed by atoms with Crippen molar-refractivity contribution in [2.24, 2.45) is 0 Å². The second-order valence-corrected chi connectivity index (χ2v) is 4.54. The highest BCUT2D eigenvalue weighted by Gasteiger charge is 2.39. The molecular weight excluding hydrogens is 273 g/mol. The molecular formula is C13H15F3N2O2. The number of aliphatic hydroxyl groups is 1. The van der Waals surface area contributed by atoms with Gasteiger partial charge in [0.2, 0.25) is 5.91 Å². The second kappa shape index (κ2) is 5.80. The molecule has 0 spiro atoms. The topological polar surface area (TPSA) is 52.6 Å². The average molecular weight is 288 g/mol. The lowest BCUT2D eigenvalue weighted by atomic mass is 9.96. The number of aliphatic hydroxyl groups excluding tert-OH is 1. The summed E-state index contributed by atoms with van der Waals surface area (Å²) in [6, 6.07) is 4.03. The van der Waals surface area contributed by atoms with Crippen LogP contribution >= 0.6 is 0 Å². The molecule has 0 unspecified atom stereocenters. The first-order valence-corrected chi connectivity index (χ1v) is 6.24. The lowest BCUT2D eigenvalue weighted by Gasteiger charge is -2.35. The van der Waals surface area contributed by atoms with Crippen LogP contribution in [0.3, 0.4) is 0 Å². The zero-order chi connectivity index (χ0) is 14.8. The number of hydrogen-bond acceptors (Lipinski definition) is 3. The lowest BCUT2D eigenvalue weighted by Crippen LogP contribution is -2.51. The zero-order valence-corrected chi connectivity index (χ0v) is 10.7. The fourth-order valence-corrected chi connectivity index (χ4v) is 2.42. The summed E-state index contributed by atoms with van der Waals surface area (Å²) in [7, 11) is 0. The standard InChI is InChI=1S/C13H15F3N2O2/c14-13(15,16)10-4-2-1-3-9(10)11-12(20)17-5-6-18(11)7-8-19/h1-4,11,19H,5-8H2,(H,17,20)/t11-/m1/s1. The summed E-state index contributed by atoms with van der Waals surface area (Å²) in [6.45, 7) is 0.717. The Balaban J connectivity index is 2.44. The van der Waals surface area contributed by atoms with Gasteiger partial charge < -0.3 is 10.4 Å². The molecule has 1 aromatic rings. The maximum absolute atomic E-state index is 13.0. The van der Waals surface area contributed by atoms with Crippen LogP contribution in [0.5, 0.6) is 0 Å². The molecule has 2 rings (SSSR count). The largest absolute Gasteiger partial charge is 0.416 e. The van der Waals surface area contributed by atoms with Crippen molar-refractivity contribution in [3.63, 3.8) is 0 Å². The molecule has 1 aliphatic heterocycles. The summed E-state index contributed by atoms with van der Waals surface area (Å²) >= 11 is 0. The lowest BCUT2D eigenvalue weighted by molar-refractivity contribution is -0.140. The van der Waals surface area contributed by atoms with E-state index in [1.807, 2.05) is 0 Å². The molecule has 1 atom stereocenters. The van der Waals surface area contributed by atoms with Gasteiger partial charge >= 0.3 is 6.18 Å². The minimum absolute atomic E-state index is 0.0781. The van der Waals surface area contributed by atoms with Crippen molar-refractivity contribution in [1.29, 1.82) is 0 Å². The van der Waals surface area contributed by atoms with Gasteiger partial charge in [-0.25, -0.2) is 0 Å². The predicted octanol–water partition coefficient (Wildman–Crippen LogP) is 1.17. The number of benzene rings is 1. The van der Waals surface area contributed by atoms with Crippen LogP contribution in [0.25, 0.3) is 0 Å². The highest BCUT2D eigenvalue weighted by molar-refractivity contribution is 5.84. The minimum Gasteiger partial charge on any atom is -0.395 e. The molecule has 1 saturated heterocycles. The van der Waals surface area contributed by atoms with E-state index in [1.165, 1.54) is 18.2 Å². The molecule has 1 fully saturated rings. The molecule has 0 aliphatic carbocycles. The highest BCUT2D eigenvalue weighted by Crippen LogP contribution is 2.36. The van der Waals surface area contributed by atoms with Gasteiger partial charge in [0.1, 0.15) is 6.04 Å². The normalized spacial score (nSPS) is 20.8. The molecule has 0 radical (unpaired) electrons. The van der Waals surface area contributed by atoms with Crippen LogP contribution in [0.4, 0.5) is 13.2 Å². The maximum atomic E-state index is 13.0. The highest BCUT2D eigenvalue weighted by atomic mass is 19.4. The Hall–Kier alpha value is -1.60. The van der Waals surface area contributed by atoms with Gasteiger partial charge in [-0.15, -0.1) is 0 Å². The number of piperazine rings is 1. The van der Waals surface area contributed by atoms with Crippen LogP contribution in [-0.2, 0) is 11.0 Å². The number of hydrogen-bond donors (Lipinski definition) is 2. The molecule has 1 aromatic carbocycles. The number of amides is 1. The van der Waals surface area contributed by atoms with Crippen molar-refractivity contribution in [2.45, 2.75) is 12.2 Å². The molecule has 20 heavy (non-hydrogen) atoms. The Kier molecular flexibility index (Phi) is 4.29. The third-order valence-electron chi connectivity index (χ3n) is 3.26. The predicted molar refractivity (Wildman–Crippen MR) is 65.9 cm³/mol. The molecule has 1 amide bonds. The van der Waals surface area contributed by atoms with E-state index < -0.39 is 23.7 Å². The van der Waals surface area contributed by atoms with E-state index in [0.717, 1.165) is 6.07 Å². The van der Waals surface area contributed by atoms with Crippen molar-refractivity contribution in [3.05, 3.63) is 35.4 Å². The van der Waals surface area contributed by atoms with Gasteiger partial charge in [-0.05, 0) is 11.6 Å². The van der Waals surface area contributed by atoms with E-state index in [2.05, 4.69) is 5.32 Å². The summed E-state index contributed by atoms with van der Waals surface area (Å²) in [5, 5.41) is 11.6. The second-order valence-electron chi connectivity index (χ2n) is 4.54. The van der Waals surface area contributed by atoms with Crippen LogP contribution in [0.2, 0.25) is 0 Å². The van der Waals surface area contributed by atoms with Gasteiger partial charge in [0, 0.05) is 19.6 Å². The van der Waals surface area contributed by atoms with E-state index >= 15 is 0 Å². The number of β-amino-alcohol motifs (C(OH)–C–C–N with tert-alkyl or cyclic N) is 1. The molecule has 1 heterocycles. The van der Waals surface area contributed by atoms with Crippen molar-refractivity contribution >= 4 is 5.91 Å². The van der Waals surface area contributed by atoms with Crippen LogP contribution in [0.1, 0.15) is 17.2 Å². The Morgan fingerprint density at radius 1 is 1.35 bits per heavy atom. The first-order chi connectivity index (χ1) is 9.45. The molecule has 0 aromatic heterocycles. The first-order valence-electron chi connectivity index (χ1n) is 6.24. The van der Waals surface area contributed by atoms with Gasteiger partial charge in [0.05, 0.1) is 12.2 Å². The Labute approximate surface area is 114 Å². The average Bonchev–Trinajstić information content (AvgIpc) is 2.38. The van der Waals surface area contributed by atoms with E-state index in [9.17, 15) is 18.0 Å². The summed E-state index contributed by atoms with van der Waals surface area (Å²) in [5.41, 5.74) is -0.893. The van der Waals surface area contributed by atoms with E-state index in [1.54, 1.807) is 4.90 Å². The molecule has 0 saturated carbocycles. The first kappa shape index (κ1) is 14.8. The number of nitrogens with one attached hydrogen (secondary N) is 1. The number of carbonyl (C=O) groups excluding carboxylic acids is 1. The summed E-state index contributed by atoms with van der Waals surface area (Å²) in [5.74, 6) is -0.471. The van der Waals surface area contributed by atoms with Gasteiger partial charge in [0.15, 0.2) is 0 Å². The summed E-state index contributed by atoms with van der Waals surface area (Å²) in [6.07, 6.45) is -4.51. The van der Waals surface area contributed by atoms with Crippen LogP contribution in [0.15, 0.2) is 24.3 Å².